The number of carbonyl (C=O) groups is 1. The minimum absolute atomic E-state index is 0.226. The Labute approximate surface area is 155 Å². The molecule has 4 heterocycles. The molecule has 0 aliphatic carbocycles. The summed E-state index contributed by atoms with van der Waals surface area (Å²) in [6, 6.07) is 1.67. The number of likely N-dealkylation sites (N-methyl/N-ethyl adjacent to an activating group) is 1. The van der Waals surface area contributed by atoms with Crippen LogP contribution < -0.4 is 15.5 Å². The highest BCUT2D eigenvalue weighted by Gasteiger charge is 2.23. The molecule has 4 rings (SSSR count). The molecule has 140 valence electrons. The highest BCUT2D eigenvalue weighted by Crippen LogP contribution is 2.18. The fourth-order valence-electron chi connectivity index (χ4n) is 3.23. The molecule has 1 amide bonds. The lowest BCUT2D eigenvalue weighted by Gasteiger charge is -2.16. The Hall–Kier alpha value is -3.07. The Kier molecular flexibility index (Phi) is 4.44. The second kappa shape index (κ2) is 6.92. The van der Waals surface area contributed by atoms with E-state index in [1.54, 1.807) is 23.7 Å². The zero-order valence-corrected chi connectivity index (χ0v) is 15.1. The average molecular weight is 369 g/mol. The van der Waals surface area contributed by atoms with E-state index in [1.165, 1.54) is 18.5 Å². The molecular formula is C18H20FN7O. The Bertz CT molecular complexity index is 985. The molecule has 1 saturated heterocycles. The van der Waals surface area contributed by atoms with Crippen molar-refractivity contribution >= 4 is 23.2 Å². The van der Waals surface area contributed by atoms with Gasteiger partial charge in [0.2, 0.25) is 5.95 Å². The van der Waals surface area contributed by atoms with E-state index < -0.39 is 11.7 Å². The van der Waals surface area contributed by atoms with Gasteiger partial charge in [-0.3, -0.25) is 4.79 Å². The molecule has 1 aliphatic heterocycles. The Morgan fingerprint density at radius 3 is 2.78 bits per heavy atom. The van der Waals surface area contributed by atoms with Crippen LogP contribution in [0.15, 0.2) is 30.9 Å². The van der Waals surface area contributed by atoms with Crippen LogP contribution in [-0.4, -0.2) is 51.4 Å². The van der Waals surface area contributed by atoms with E-state index in [0.717, 1.165) is 19.5 Å². The number of fused-ring (bicyclic) bond motifs is 1. The number of halogens is 1. The van der Waals surface area contributed by atoms with Gasteiger partial charge in [0.25, 0.3) is 5.91 Å². The maximum absolute atomic E-state index is 14.1. The molecule has 1 unspecified atom stereocenters. The van der Waals surface area contributed by atoms with Crippen LogP contribution >= 0.6 is 0 Å². The van der Waals surface area contributed by atoms with Crippen LogP contribution in [0.5, 0.6) is 0 Å². The number of nitrogens with zero attached hydrogens (tertiary/aromatic N) is 5. The number of pyridine rings is 1. The van der Waals surface area contributed by atoms with Gasteiger partial charge < -0.3 is 19.9 Å². The van der Waals surface area contributed by atoms with Crippen molar-refractivity contribution in [1.82, 2.24) is 24.7 Å². The zero-order chi connectivity index (χ0) is 19.0. The first-order valence-electron chi connectivity index (χ1n) is 8.74. The summed E-state index contributed by atoms with van der Waals surface area (Å²) in [5.41, 5.74) is 1.57. The molecule has 0 spiro atoms. The number of hydrogen-bond acceptors (Lipinski definition) is 6. The second-order valence-corrected chi connectivity index (χ2v) is 6.64. The quantitative estimate of drug-likeness (QED) is 0.727. The average Bonchev–Trinajstić information content (AvgIpc) is 3.28. The van der Waals surface area contributed by atoms with Crippen LogP contribution in [0.2, 0.25) is 0 Å². The van der Waals surface area contributed by atoms with Gasteiger partial charge in [-0.25, -0.2) is 19.3 Å². The minimum atomic E-state index is -0.499. The van der Waals surface area contributed by atoms with Gasteiger partial charge in [0.05, 0.1) is 16.9 Å². The first-order chi connectivity index (χ1) is 13.0. The van der Waals surface area contributed by atoms with Crippen LogP contribution in [0.1, 0.15) is 22.5 Å². The van der Waals surface area contributed by atoms with Gasteiger partial charge in [0, 0.05) is 50.0 Å². The Morgan fingerprint density at radius 2 is 2.07 bits per heavy atom. The highest BCUT2D eigenvalue weighted by molar-refractivity contribution is 6.03. The molecule has 1 aliphatic rings. The summed E-state index contributed by atoms with van der Waals surface area (Å²) >= 11 is 0. The van der Waals surface area contributed by atoms with E-state index in [-0.39, 0.29) is 5.65 Å². The van der Waals surface area contributed by atoms with Crippen molar-refractivity contribution in [3.8, 4) is 0 Å². The van der Waals surface area contributed by atoms with Gasteiger partial charge in [0.1, 0.15) is 0 Å². The molecule has 3 aromatic rings. The third-order valence-corrected chi connectivity index (χ3v) is 4.66. The molecule has 1 atom stereocenters. The van der Waals surface area contributed by atoms with Crippen molar-refractivity contribution in [3.05, 3.63) is 47.9 Å². The summed E-state index contributed by atoms with van der Waals surface area (Å²) in [5.74, 6) is -0.294. The number of imidazole rings is 1. The molecule has 8 nitrogen and oxygen atoms in total. The van der Waals surface area contributed by atoms with Gasteiger partial charge >= 0.3 is 0 Å². The Balaban J connectivity index is 1.48. The van der Waals surface area contributed by atoms with Gasteiger partial charge in [-0.2, -0.15) is 0 Å². The fourth-order valence-corrected chi connectivity index (χ4v) is 3.23. The Morgan fingerprint density at radius 1 is 1.30 bits per heavy atom. The number of aryl methyl sites for hydroxylation is 1. The van der Waals surface area contributed by atoms with E-state index in [4.69, 9.17) is 0 Å². The maximum Gasteiger partial charge on any atom is 0.258 e. The van der Waals surface area contributed by atoms with Gasteiger partial charge in [-0.05, 0) is 20.4 Å². The molecule has 0 bridgehead atoms. The molecule has 0 saturated carbocycles. The van der Waals surface area contributed by atoms with Crippen molar-refractivity contribution in [2.75, 3.05) is 30.4 Å². The fraction of sp³-hybridized carbons (Fsp3) is 0.333. The van der Waals surface area contributed by atoms with E-state index in [9.17, 15) is 9.18 Å². The first-order valence-corrected chi connectivity index (χ1v) is 8.74. The van der Waals surface area contributed by atoms with Crippen LogP contribution in [0.4, 0.5) is 16.0 Å². The molecule has 0 radical (unpaired) electrons. The lowest BCUT2D eigenvalue weighted by molar-refractivity contribution is 0.102. The van der Waals surface area contributed by atoms with Crippen molar-refractivity contribution < 1.29 is 9.18 Å². The third kappa shape index (κ3) is 3.45. The smallest absolute Gasteiger partial charge is 0.258 e. The number of hydrogen-bond donors (Lipinski definition) is 2. The summed E-state index contributed by atoms with van der Waals surface area (Å²) in [5, 5.41) is 5.92. The van der Waals surface area contributed by atoms with Gasteiger partial charge in [-0.15, -0.1) is 0 Å². The summed E-state index contributed by atoms with van der Waals surface area (Å²) in [4.78, 5) is 27.2. The summed E-state index contributed by atoms with van der Waals surface area (Å²) in [6.07, 6.45) is 7.32. The number of carbonyl (C=O) groups excluding carboxylic acids is 1. The predicted octanol–water partition coefficient (Wildman–Crippen LogP) is 1.62. The number of nitrogens with one attached hydrogen (secondary N) is 2. The molecule has 1 fully saturated rings. The van der Waals surface area contributed by atoms with Crippen LogP contribution in [-0.2, 0) is 0 Å². The molecule has 9 heteroatoms. The van der Waals surface area contributed by atoms with E-state index in [2.05, 4.69) is 30.5 Å². The van der Waals surface area contributed by atoms with Crippen LogP contribution in [0.25, 0.3) is 5.65 Å². The normalized spacial score (nSPS) is 16.9. The number of aromatic nitrogens is 4. The SMILES string of the molecule is CNC1CCN(c2ncc(C(=O)Nc3cc(F)c4nc(C)cn4c3)cn2)C1. The molecule has 27 heavy (non-hydrogen) atoms. The van der Waals surface area contributed by atoms with Crippen LogP contribution in [0, 0.1) is 12.7 Å². The molecule has 0 aromatic carbocycles. The maximum atomic E-state index is 14.1. The lowest BCUT2D eigenvalue weighted by atomic mass is 10.3. The van der Waals surface area contributed by atoms with E-state index in [0.29, 0.717) is 28.9 Å². The van der Waals surface area contributed by atoms with Crippen molar-refractivity contribution in [2.45, 2.75) is 19.4 Å². The monoisotopic (exact) mass is 369 g/mol. The number of rotatable bonds is 4. The number of amides is 1. The predicted molar refractivity (Wildman–Crippen MR) is 99.5 cm³/mol. The van der Waals surface area contributed by atoms with Crippen LogP contribution in [0.3, 0.4) is 0 Å². The first kappa shape index (κ1) is 17.3. The van der Waals surface area contributed by atoms with E-state index >= 15 is 0 Å². The standard InChI is InChI=1S/C18H20FN7O/c1-11-8-26-10-14(5-15(19)16(26)23-11)24-17(27)12-6-21-18(22-7-12)25-4-3-13(9-25)20-2/h5-8,10,13,20H,3-4,9H2,1-2H3,(H,24,27). The molecule has 3 aromatic heterocycles. The highest BCUT2D eigenvalue weighted by atomic mass is 19.1. The zero-order valence-electron chi connectivity index (χ0n) is 15.1. The van der Waals surface area contributed by atoms with Gasteiger partial charge in [-0.1, -0.05) is 0 Å². The van der Waals surface area contributed by atoms with E-state index in [1.807, 2.05) is 7.05 Å². The van der Waals surface area contributed by atoms with Crippen molar-refractivity contribution in [2.24, 2.45) is 0 Å². The largest absolute Gasteiger partial charge is 0.339 e. The van der Waals surface area contributed by atoms with Gasteiger partial charge in [0.15, 0.2) is 11.5 Å². The third-order valence-electron chi connectivity index (χ3n) is 4.66. The van der Waals surface area contributed by atoms with Crippen molar-refractivity contribution in [3.63, 3.8) is 0 Å². The summed E-state index contributed by atoms with van der Waals surface area (Å²) in [6.45, 7) is 3.50. The summed E-state index contributed by atoms with van der Waals surface area (Å²) < 4.78 is 15.7. The lowest BCUT2D eigenvalue weighted by Crippen LogP contribution is -2.30. The topological polar surface area (TPSA) is 87.5 Å². The minimum Gasteiger partial charge on any atom is -0.339 e. The van der Waals surface area contributed by atoms with Crippen molar-refractivity contribution in [1.29, 1.82) is 0 Å². The number of anilines is 2. The summed E-state index contributed by atoms with van der Waals surface area (Å²) in [7, 11) is 1.94. The molecule has 2 N–H and O–H groups in total. The second-order valence-electron chi connectivity index (χ2n) is 6.64. The molecular weight excluding hydrogens is 349 g/mol.